The molecule has 0 bridgehead atoms. The third-order valence-electron chi connectivity index (χ3n) is 4.03. The first kappa shape index (κ1) is 14.1. The number of hydrogen-bond acceptors (Lipinski definition) is 0. The second-order valence-corrected chi connectivity index (χ2v) is 6.25. The van der Waals surface area contributed by atoms with Crippen LogP contribution in [0.15, 0.2) is 0 Å². The highest BCUT2D eigenvalue weighted by Crippen LogP contribution is 2.25. The Morgan fingerprint density at radius 1 is 0.688 bits per heavy atom. The van der Waals surface area contributed by atoms with Crippen LogP contribution in [-0.2, 0) is 0 Å². The maximum Gasteiger partial charge on any atom is -0.0412 e. The van der Waals surface area contributed by atoms with E-state index in [-0.39, 0.29) is 0 Å². The van der Waals surface area contributed by atoms with Gasteiger partial charge in [-0.05, 0) is 18.3 Å². The van der Waals surface area contributed by atoms with Crippen molar-refractivity contribution in [1.29, 1.82) is 0 Å². The summed E-state index contributed by atoms with van der Waals surface area (Å²) < 4.78 is 0. The highest BCUT2D eigenvalue weighted by Gasteiger charge is 2.11. The van der Waals surface area contributed by atoms with Gasteiger partial charge in [0.15, 0.2) is 0 Å². The molecule has 0 heterocycles. The topological polar surface area (TPSA) is 0 Å². The summed E-state index contributed by atoms with van der Waals surface area (Å²) in [5, 5.41) is 0. The Labute approximate surface area is 103 Å². The van der Waals surface area contributed by atoms with E-state index in [4.69, 9.17) is 0 Å². The molecule has 0 amide bonds. The van der Waals surface area contributed by atoms with Gasteiger partial charge in [-0.3, -0.25) is 0 Å². The normalized spacial score (nSPS) is 22.7. The molecule has 0 saturated heterocycles. The average Bonchev–Trinajstić information content (AvgIpc) is 2.21. The van der Waals surface area contributed by atoms with Crippen molar-refractivity contribution in [2.45, 2.75) is 90.9 Å². The zero-order valence-electron chi connectivity index (χ0n) is 11.6. The van der Waals surface area contributed by atoms with Gasteiger partial charge in [0.05, 0.1) is 0 Å². The molecular formula is C16H32. The van der Waals surface area contributed by atoms with E-state index in [0.717, 1.165) is 11.8 Å². The van der Waals surface area contributed by atoms with E-state index in [9.17, 15) is 0 Å². The van der Waals surface area contributed by atoms with Gasteiger partial charge < -0.3 is 0 Å². The third-order valence-corrected chi connectivity index (χ3v) is 4.03. The Balaban J connectivity index is 2.24. The molecule has 0 aromatic carbocycles. The summed E-state index contributed by atoms with van der Waals surface area (Å²) in [4.78, 5) is 0. The van der Waals surface area contributed by atoms with Gasteiger partial charge in [-0.1, -0.05) is 84.5 Å². The van der Waals surface area contributed by atoms with Crippen LogP contribution in [0, 0.1) is 11.8 Å². The standard InChI is InChI=1S/C16H32/c1-15(2)14-16-12-10-8-6-4-3-5-7-9-11-13-16/h15-16H,3-14H2,1-2H3. The van der Waals surface area contributed by atoms with Gasteiger partial charge in [-0.15, -0.1) is 0 Å². The van der Waals surface area contributed by atoms with Crippen molar-refractivity contribution >= 4 is 0 Å². The Morgan fingerprint density at radius 3 is 1.44 bits per heavy atom. The van der Waals surface area contributed by atoms with Crippen LogP contribution < -0.4 is 0 Å². The summed E-state index contributed by atoms with van der Waals surface area (Å²) in [5.41, 5.74) is 0. The van der Waals surface area contributed by atoms with Crippen molar-refractivity contribution < 1.29 is 0 Å². The zero-order valence-corrected chi connectivity index (χ0v) is 11.6. The van der Waals surface area contributed by atoms with Crippen molar-refractivity contribution in [3.63, 3.8) is 0 Å². The highest BCUT2D eigenvalue weighted by molar-refractivity contribution is 4.63. The highest BCUT2D eigenvalue weighted by atomic mass is 14.2. The molecule has 0 unspecified atom stereocenters. The monoisotopic (exact) mass is 224 g/mol. The van der Waals surface area contributed by atoms with Crippen molar-refractivity contribution in [3.05, 3.63) is 0 Å². The predicted molar refractivity (Wildman–Crippen MR) is 73.7 cm³/mol. The van der Waals surface area contributed by atoms with Crippen LogP contribution in [0.4, 0.5) is 0 Å². The van der Waals surface area contributed by atoms with Crippen LogP contribution in [0.3, 0.4) is 0 Å². The zero-order chi connectivity index (χ0) is 11.6. The van der Waals surface area contributed by atoms with E-state index in [1.54, 1.807) is 0 Å². The lowest BCUT2D eigenvalue weighted by atomic mass is 9.87. The van der Waals surface area contributed by atoms with Crippen molar-refractivity contribution in [2.75, 3.05) is 0 Å². The molecule has 96 valence electrons. The van der Waals surface area contributed by atoms with Gasteiger partial charge in [0, 0.05) is 0 Å². The van der Waals surface area contributed by atoms with E-state index < -0.39 is 0 Å². The van der Waals surface area contributed by atoms with Gasteiger partial charge in [-0.25, -0.2) is 0 Å². The fraction of sp³-hybridized carbons (Fsp3) is 1.00. The lowest BCUT2D eigenvalue weighted by Crippen LogP contribution is -2.05. The van der Waals surface area contributed by atoms with E-state index in [1.807, 2.05) is 0 Å². The maximum absolute atomic E-state index is 2.39. The first-order valence-corrected chi connectivity index (χ1v) is 7.79. The van der Waals surface area contributed by atoms with E-state index in [1.165, 1.54) is 77.0 Å². The molecule has 0 aromatic rings. The van der Waals surface area contributed by atoms with Crippen LogP contribution in [0.1, 0.15) is 90.9 Å². The number of hydrogen-bond donors (Lipinski definition) is 0. The maximum atomic E-state index is 2.39. The van der Waals surface area contributed by atoms with Crippen molar-refractivity contribution in [2.24, 2.45) is 11.8 Å². The van der Waals surface area contributed by atoms with Crippen LogP contribution >= 0.6 is 0 Å². The minimum atomic E-state index is 0.901. The summed E-state index contributed by atoms with van der Waals surface area (Å²) >= 11 is 0. The van der Waals surface area contributed by atoms with Gasteiger partial charge >= 0.3 is 0 Å². The van der Waals surface area contributed by atoms with Crippen LogP contribution in [-0.4, -0.2) is 0 Å². The molecule has 0 heteroatoms. The minimum absolute atomic E-state index is 0.901. The van der Waals surface area contributed by atoms with Gasteiger partial charge in [0.25, 0.3) is 0 Å². The fourth-order valence-electron chi connectivity index (χ4n) is 3.15. The molecule has 1 fully saturated rings. The molecule has 1 rings (SSSR count). The van der Waals surface area contributed by atoms with E-state index in [2.05, 4.69) is 13.8 Å². The lowest BCUT2D eigenvalue weighted by Gasteiger charge is -2.19. The van der Waals surface area contributed by atoms with E-state index >= 15 is 0 Å². The Hall–Kier alpha value is 0. The Morgan fingerprint density at radius 2 is 1.06 bits per heavy atom. The van der Waals surface area contributed by atoms with Gasteiger partial charge in [-0.2, -0.15) is 0 Å². The quantitative estimate of drug-likeness (QED) is 0.543. The summed E-state index contributed by atoms with van der Waals surface area (Å²) in [6.07, 6.45) is 18.0. The summed E-state index contributed by atoms with van der Waals surface area (Å²) in [7, 11) is 0. The van der Waals surface area contributed by atoms with E-state index in [0.29, 0.717) is 0 Å². The first-order chi connectivity index (χ1) is 7.79. The molecule has 0 spiro atoms. The summed E-state index contributed by atoms with van der Waals surface area (Å²) in [6.45, 7) is 4.77. The summed E-state index contributed by atoms with van der Waals surface area (Å²) in [5.74, 6) is 1.94. The smallest absolute Gasteiger partial charge is 0.0412 e. The van der Waals surface area contributed by atoms with Gasteiger partial charge in [0.2, 0.25) is 0 Å². The molecule has 0 aliphatic heterocycles. The second kappa shape index (κ2) is 9.07. The molecule has 0 aromatic heterocycles. The molecule has 0 atom stereocenters. The predicted octanol–water partition coefficient (Wildman–Crippen LogP) is 5.95. The molecule has 0 nitrogen and oxygen atoms in total. The van der Waals surface area contributed by atoms with Crippen LogP contribution in [0.2, 0.25) is 0 Å². The Bertz CT molecular complexity index is 136. The minimum Gasteiger partial charge on any atom is -0.0628 e. The SMILES string of the molecule is CC(C)CC1CCCCCCCCCCC1. The molecule has 1 saturated carbocycles. The fourth-order valence-corrected chi connectivity index (χ4v) is 3.15. The molecule has 1 aliphatic carbocycles. The van der Waals surface area contributed by atoms with Crippen molar-refractivity contribution in [1.82, 2.24) is 0 Å². The number of rotatable bonds is 2. The first-order valence-electron chi connectivity index (χ1n) is 7.79. The molecule has 0 radical (unpaired) electrons. The largest absolute Gasteiger partial charge is 0.0628 e. The molecule has 0 N–H and O–H groups in total. The van der Waals surface area contributed by atoms with Crippen LogP contribution in [0.5, 0.6) is 0 Å². The van der Waals surface area contributed by atoms with Crippen molar-refractivity contribution in [3.8, 4) is 0 Å². The summed E-state index contributed by atoms with van der Waals surface area (Å²) in [6, 6.07) is 0. The molecular weight excluding hydrogens is 192 g/mol. The average molecular weight is 224 g/mol. The molecule has 16 heavy (non-hydrogen) atoms. The van der Waals surface area contributed by atoms with Gasteiger partial charge in [0.1, 0.15) is 0 Å². The molecule has 1 aliphatic rings. The second-order valence-electron chi connectivity index (χ2n) is 6.25. The van der Waals surface area contributed by atoms with Crippen LogP contribution in [0.25, 0.3) is 0 Å². The third kappa shape index (κ3) is 7.30. The lowest BCUT2D eigenvalue weighted by molar-refractivity contribution is 0.335. The Kier molecular flexibility index (Phi) is 7.98.